The Bertz CT molecular complexity index is 1500. The van der Waals surface area contributed by atoms with Gasteiger partial charge in [-0.1, -0.05) is 54.6 Å². The van der Waals surface area contributed by atoms with Crippen molar-refractivity contribution in [2.24, 2.45) is 0 Å². The molecule has 0 saturated heterocycles. The highest BCUT2D eigenvalue weighted by atomic mass is 16.6. The molecule has 0 fully saturated rings. The van der Waals surface area contributed by atoms with Gasteiger partial charge in [-0.15, -0.1) is 0 Å². The van der Waals surface area contributed by atoms with Crippen LogP contribution in [0.15, 0.2) is 90.5 Å². The summed E-state index contributed by atoms with van der Waals surface area (Å²) in [4.78, 5) is 23.3. The zero-order chi connectivity index (χ0) is 25.5. The van der Waals surface area contributed by atoms with Crippen molar-refractivity contribution in [3.8, 4) is 17.6 Å². The highest BCUT2D eigenvalue weighted by Gasteiger charge is 2.19. The van der Waals surface area contributed by atoms with Crippen LogP contribution in [0.1, 0.15) is 11.1 Å². The van der Waals surface area contributed by atoms with Gasteiger partial charge < -0.3 is 14.8 Å². The standard InChI is InChI=1S/C28H21N3O5/c1-35-24-13-14-26(27(16-24)31(33)34)30-28(32)22(17-29)15-19-9-11-23(12-10-19)36-18-21-7-4-6-20-5-2-3-8-25(20)21/h2-16H,18H2,1H3,(H,30,32)/b22-15+. The third kappa shape index (κ3) is 5.48. The summed E-state index contributed by atoms with van der Waals surface area (Å²) < 4.78 is 10.9. The maximum absolute atomic E-state index is 12.6. The molecule has 4 rings (SSSR count). The number of rotatable bonds is 8. The van der Waals surface area contributed by atoms with E-state index >= 15 is 0 Å². The van der Waals surface area contributed by atoms with Crippen LogP contribution in [0.25, 0.3) is 16.8 Å². The van der Waals surface area contributed by atoms with Gasteiger partial charge in [-0.05, 0) is 52.2 Å². The summed E-state index contributed by atoms with van der Waals surface area (Å²) in [6.07, 6.45) is 1.40. The predicted octanol–water partition coefficient (Wildman–Crippen LogP) is 5.88. The molecule has 8 heteroatoms. The zero-order valence-electron chi connectivity index (χ0n) is 19.3. The summed E-state index contributed by atoms with van der Waals surface area (Å²) in [6, 6.07) is 27.0. The van der Waals surface area contributed by atoms with Crippen LogP contribution in [0.2, 0.25) is 0 Å². The number of benzene rings is 4. The number of anilines is 1. The lowest BCUT2D eigenvalue weighted by Gasteiger charge is -2.09. The topological polar surface area (TPSA) is 114 Å². The van der Waals surface area contributed by atoms with Crippen LogP contribution < -0.4 is 14.8 Å². The molecule has 0 aromatic heterocycles. The Morgan fingerprint density at radius 1 is 1.03 bits per heavy atom. The molecule has 1 amide bonds. The van der Waals surface area contributed by atoms with E-state index in [4.69, 9.17) is 9.47 Å². The van der Waals surface area contributed by atoms with Crippen molar-refractivity contribution < 1.29 is 19.2 Å². The number of nitriles is 1. The number of methoxy groups -OCH3 is 1. The van der Waals surface area contributed by atoms with E-state index in [-0.39, 0.29) is 22.7 Å². The van der Waals surface area contributed by atoms with Crippen LogP contribution in [0.4, 0.5) is 11.4 Å². The second-order valence-electron chi connectivity index (χ2n) is 7.76. The van der Waals surface area contributed by atoms with Crippen molar-refractivity contribution in [3.63, 3.8) is 0 Å². The lowest BCUT2D eigenvalue weighted by Crippen LogP contribution is -2.14. The molecule has 0 aliphatic heterocycles. The third-order valence-corrected chi connectivity index (χ3v) is 5.48. The number of nitro groups is 1. The second-order valence-corrected chi connectivity index (χ2v) is 7.76. The molecule has 4 aromatic carbocycles. The van der Waals surface area contributed by atoms with E-state index in [2.05, 4.69) is 23.5 Å². The third-order valence-electron chi connectivity index (χ3n) is 5.48. The highest BCUT2D eigenvalue weighted by molar-refractivity contribution is 6.10. The first kappa shape index (κ1) is 24.0. The minimum Gasteiger partial charge on any atom is -0.496 e. The van der Waals surface area contributed by atoms with Gasteiger partial charge in [-0.2, -0.15) is 5.26 Å². The zero-order valence-corrected chi connectivity index (χ0v) is 19.3. The number of nitrogens with one attached hydrogen (secondary N) is 1. The Kier molecular flexibility index (Phi) is 7.22. The molecule has 0 unspecified atom stereocenters. The lowest BCUT2D eigenvalue weighted by atomic mass is 10.1. The molecule has 0 bridgehead atoms. The Morgan fingerprint density at radius 2 is 1.75 bits per heavy atom. The number of carbonyl (C=O) groups excluding carboxylic acids is 1. The predicted molar refractivity (Wildman–Crippen MR) is 137 cm³/mol. The van der Waals surface area contributed by atoms with E-state index in [1.807, 2.05) is 30.3 Å². The number of ether oxygens (including phenoxy) is 2. The summed E-state index contributed by atoms with van der Waals surface area (Å²) >= 11 is 0. The molecular weight excluding hydrogens is 458 g/mol. The van der Waals surface area contributed by atoms with Crippen LogP contribution in [0.5, 0.6) is 11.5 Å². The van der Waals surface area contributed by atoms with Gasteiger partial charge in [0.05, 0.1) is 18.1 Å². The maximum Gasteiger partial charge on any atom is 0.296 e. The normalized spacial score (nSPS) is 10.9. The Hall–Kier alpha value is -5.16. The van der Waals surface area contributed by atoms with Gasteiger partial charge in [0.25, 0.3) is 11.6 Å². The fourth-order valence-corrected chi connectivity index (χ4v) is 3.64. The quantitative estimate of drug-likeness (QED) is 0.146. The van der Waals surface area contributed by atoms with Gasteiger partial charge in [-0.3, -0.25) is 14.9 Å². The van der Waals surface area contributed by atoms with Gasteiger partial charge in [-0.25, -0.2) is 0 Å². The highest BCUT2D eigenvalue weighted by Crippen LogP contribution is 2.29. The van der Waals surface area contributed by atoms with Gasteiger partial charge in [0.15, 0.2) is 0 Å². The molecule has 0 spiro atoms. The van der Waals surface area contributed by atoms with Crippen molar-refractivity contribution in [2.75, 3.05) is 12.4 Å². The average Bonchev–Trinajstić information content (AvgIpc) is 2.91. The molecule has 0 heterocycles. The van der Waals surface area contributed by atoms with E-state index in [9.17, 15) is 20.2 Å². The number of nitrogens with zero attached hydrogens (tertiary/aromatic N) is 2. The first-order valence-electron chi connectivity index (χ1n) is 10.9. The van der Waals surface area contributed by atoms with E-state index in [1.54, 1.807) is 24.3 Å². The summed E-state index contributed by atoms with van der Waals surface area (Å²) in [6.45, 7) is 0.392. The van der Waals surface area contributed by atoms with E-state index < -0.39 is 10.8 Å². The lowest BCUT2D eigenvalue weighted by molar-refractivity contribution is -0.384. The monoisotopic (exact) mass is 479 g/mol. The molecule has 0 aliphatic carbocycles. The number of hydrogen-bond acceptors (Lipinski definition) is 6. The van der Waals surface area contributed by atoms with Crippen molar-refractivity contribution in [1.29, 1.82) is 5.26 Å². The Morgan fingerprint density at radius 3 is 2.47 bits per heavy atom. The van der Waals surface area contributed by atoms with Crippen LogP contribution >= 0.6 is 0 Å². The molecule has 0 atom stereocenters. The first-order valence-corrected chi connectivity index (χ1v) is 10.9. The number of nitro benzene ring substituents is 1. The minimum absolute atomic E-state index is 0.0378. The Labute approximate surface area is 207 Å². The molecule has 4 aromatic rings. The fraction of sp³-hybridized carbons (Fsp3) is 0.0714. The molecule has 0 saturated carbocycles. The van der Waals surface area contributed by atoms with E-state index in [0.29, 0.717) is 17.9 Å². The first-order chi connectivity index (χ1) is 17.5. The largest absolute Gasteiger partial charge is 0.496 e. The number of fused-ring (bicyclic) bond motifs is 1. The van der Waals surface area contributed by atoms with Gasteiger partial charge >= 0.3 is 0 Å². The molecule has 8 nitrogen and oxygen atoms in total. The molecule has 0 aliphatic rings. The van der Waals surface area contributed by atoms with Gasteiger partial charge in [0, 0.05) is 0 Å². The second kappa shape index (κ2) is 10.8. The fourth-order valence-electron chi connectivity index (χ4n) is 3.64. The van der Waals surface area contributed by atoms with E-state index in [1.165, 1.54) is 31.4 Å². The maximum atomic E-state index is 12.6. The number of hydrogen-bond donors (Lipinski definition) is 1. The van der Waals surface area contributed by atoms with Crippen LogP contribution in [-0.4, -0.2) is 17.9 Å². The van der Waals surface area contributed by atoms with Crippen LogP contribution in [-0.2, 0) is 11.4 Å². The van der Waals surface area contributed by atoms with Gasteiger partial charge in [0.2, 0.25) is 0 Å². The van der Waals surface area contributed by atoms with Crippen molar-refractivity contribution in [3.05, 3.63) is 112 Å². The van der Waals surface area contributed by atoms with E-state index in [0.717, 1.165) is 16.3 Å². The molecule has 1 N–H and O–H groups in total. The average molecular weight is 479 g/mol. The van der Waals surface area contributed by atoms with Crippen LogP contribution in [0, 0.1) is 21.4 Å². The number of carbonyl (C=O) groups is 1. The van der Waals surface area contributed by atoms with Crippen molar-refractivity contribution in [2.45, 2.75) is 6.61 Å². The summed E-state index contributed by atoms with van der Waals surface area (Å²) in [5.74, 6) is 0.150. The molecule has 0 radical (unpaired) electrons. The van der Waals surface area contributed by atoms with Gasteiger partial charge in [0.1, 0.15) is 35.4 Å². The summed E-state index contributed by atoms with van der Waals surface area (Å²) in [5, 5.41) is 25.5. The molecular formula is C28H21N3O5. The molecule has 36 heavy (non-hydrogen) atoms. The minimum atomic E-state index is -0.762. The summed E-state index contributed by atoms with van der Waals surface area (Å²) in [5.41, 5.74) is 1.08. The molecule has 178 valence electrons. The SMILES string of the molecule is COc1ccc(NC(=O)/C(C#N)=C/c2ccc(OCc3cccc4ccccc34)cc2)c([N+](=O)[O-])c1. The Balaban J connectivity index is 1.46. The smallest absolute Gasteiger partial charge is 0.296 e. The van der Waals surface area contributed by atoms with Crippen LogP contribution in [0.3, 0.4) is 0 Å². The van der Waals surface area contributed by atoms with Crippen molar-refractivity contribution in [1.82, 2.24) is 0 Å². The number of amides is 1. The summed E-state index contributed by atoms with van der Waals surface area (Å²) in [7, 11) is 1.38. The van der Waals surface area contributed by atoms with Crippen molar-refractivity contribution >= 4 is 34.1 Å².